The van der Waals surface area contributed by atoms with Crippen LogP contribution in [0.4, 0.5) is 4.79 Å². The summed E-state index contributed by atoms with van der Waals surface area (Å²) in [5.74, 6) is 0. The van der Waals surface area contributed by atoms with Crippen LogP contribution in [-0.4, -0.2) is 23.0 Å². The van der Waals surface area contributed by atoms with Crippen molar-refractivity contribution in [2.45, 2.75) is 46.3 Å². The minimum absolute atomic E-state index is 0.0608. The molecule has 1 aromatic rings. The Hall–Kier alpha value is -2.02. The van der Waals surface area contributed by atoms with Crippen LogP contribution in [0.25, 0.3) is 0 Å². The number of rotatable bonds is 4. The molecule has 19 heavy (non-hydrogen) atoms. The lowest BCUT2D eigenvalue weighted by atomic mass is 10.1. The number of hydrogen-bond donors (Lipinski definition) is 1. The van der Waals surface area contributed by atoms with Crippen LogP contribution in [0.5, 0.6) is 0 Å². The number of benzene rings is 1. The van der Waals surface area contributed by atoms with Gasteiger partial charge in [-0.15, -0.1) is 0 Å². The van der Waals surface area contributed by atoms with Crippen LogP contribution < -0.4 is 5.32 Å². The third kappa shape index (κ3) is 4.63. The molecule has 1 rings (SSSR count). The lowest BCUT2D eigenvalue weighted by molar-refractivity contribution is 0.177. The van der Waals surface area contributed by atoms with Gasteiger partial charge in [0.05, 0.1) is 11.6 Å². The van der Waals surface area contributed by atoms with Crippen LogP contribution in [-0.2, 0) is 6.54 Å². The van der Waals surface area contributed by atoms with Crippen molar-refractivity contribution in [3.8, 4) is 6.07 Å². The maximum atomic E-state index is 12.1. The molecule has 0 spiro atoms. The van der Waals surface area contributed by atoms with Crippen molar-refractivity contribution in [2.75, 3.05) is 0 Å². The van der Waals surface area contributed by atoms with Gasteiger partial charge >= 0.3 is 6.03 Å². The van der Waals surface area contributed by atoms with E-state index >= 15 is 0 Å². The van der Waals surface area contributed by atoms with E-state index < -0.39 is 0 Å². The standard InChI is InChI=1S/C15H21N3O/c1-11(2)17-15(19)18(12(3)4)10-14-7-5-13(9-16)6-8-14/h5-8,11-12H,10H2,1-4H3,(H,17,19). The number of nitrogens with one attached hydrogen (secondary N) is 1. The van der Waals surface area contributed by atoms with Gasteiger partial charge in [0.25, 0.3) is 0 Å². The summed E-state index contributed by atoms with van der Waals surface area (Å²) < 4.78 is 0. The predicted molar refractivity (Wildman–Crippen MR) is 75.5 cm³/mol. The number of nitriles is 1. The number of carbonyl (C=O) groups is 1. The normalized spacial score (nSPS) is 10.4. The maximum Gasteiger partial charge on any atom is 0.318 e. The highest BCUT2D eigenvalue weighted by atomic mass is 16.2. The fraction of sp³-hybridized carbons (Fsp3) is 0.467. The summed E-state index contributed by atoms with van der Waals surface area (Å²) in [6, 6.07) is 9.58. The second-order valence-electron chi connectivity index (χ2n) is 5.13. The predicted octanol–water partition coefficient (Wildman–Crippen LogP) is 2.89. The molecular formula is C15H21N3O. The van der Waals surface area contributed by atoms with E-state index in [0.717, 1.165) is 5.56 Å². The minimum atomic E-state index is -0.0608. The summed E-state index contributed by atoms with van der Waals surface area (Å²) >= 11 is 0. The largest absolute Gasteiger partial charge is 0.336 e. The number of hydrogen-bond acceptors (Lipinski definition) is 2. The van der Waals surface area contributed by atoms with Crippen molar-refractivity contribution >= 4 is 6.03 Å². The second-order valence-corrected chi connectivity index (χ2v) is 5.13. The van der Waals surface area contributed by atoms with Crippen LogP contribution >= 0.6 is 0 Å². The van der Waals surface area contributed by atoms with Crippen molar-refractivity contribution in [1.29, 1.82) is 5.26 Å². The third-order valence-electron chi connectivity index (χ3n) is 2.73. The molecule has 0 radical (unpaired) electrons. The summed E-state index contributed by atoms with van der Waals surface area (Å²) in [4.78, 5) is 13.9. The molecule has 0 aliphatic rings. The van der Waals surface area contributed by atoms with Crippen molar-refractivity contribution in [1.82, 2.24) is 10.2 Å². The van der Waals surface area contributed by atoms with Gasteiger partial charge in [-0.3, -0.25) is 0 Å². The Morgan fingerprint density at radius 1 is 1.26 bits per heavy atom. The Morgan fingerprint density at radius 3 is 2.26 bits per heavy atom. The first kappa shape index (κ1) is 15.0. The number of nitrogens with zero attached hydrogens (tertiary/aromatic N) is 2. The van der Waals surface area contributed by atoms with Crippen LogP contribution in [0.2, 0.25) is 0 Å². The molecule has 0 bridgehead atoms. The first-order valence-corrected chi connectivity index (χ1v) is 6.50. The fourth-order valence-corrected chi connectivity index (χ4v) is 1.70. The lowest BCUT2D eigenvalue weighted by Crippen LogP contribution is -2.45. The molecule has 0 heterocycles. The molecule has 4 heteroatoms. The molecule has 0 fully saturated rings. The highest BCUT2D eigenvalue weighted by Gasteiger charge is 2.17. The van der Waals surface area contributed by atoms with Gasteiger partial charge in [-0.1, -0.05) is 12.1 Å². The first-order valence-electron chi connectivity index (χ1n) is 6.50. The SMILES string of the molecule is CC(C)NC(=O)N(Cc1ccc(C#N)cc1)C(C)C. The number of amides is 2. The molecule has 0 unspecified atom stereocenters. The fourth-order valence-electron chi connectivity index (χ4n) is 1.70. The second kappa shape index (κ2) is 6.79. The minimum Gasteiger partial charge on any atom is -0.336 e. The zero-order valence-corrected chi connectivity index (χ0v) is 12.0. The van der Waals surface area contributed by atoms with Gasteiger partial charge in [-0.05, 0) is 45.4 Å². The summed E-state index contributed by atoms with van der Waals surface area (Å²) in [5.41, 5.74) is 1.65. The van der Waals surface area contributed by atoms with Gasteiger partial charge in [0.15, 0.2) is 0 Å². The van der Waals surface area contributed by atoms with E-state index in [-0.39, 0.29) is 18.1 Å². The van der Waals surface area contributed by atoms with Gasteiger partial charge in [0.1, 0.15) is 0 Å². The van der Waals surface area contributed by atoms with Gasteiger partial charge in [-0.2, -0.15) is 5.26 Å². The van der Waals surface area contributed by atoms with Gasteiger partial charge < -0.3 is 10.2 Å². The Bertz CT molecular complexity index is 457. The zero-order chi connectivity index (χ0) is 14.4. The maximum absolute atomic E-state index is 12.1. The van der Waals surface area contributed by atoms with Crippen LogP contribution in [0.15, 0.2) is 24.3 Å². The topological polar surface area (TPSA) is 56.1 Å². The summed E-state index contributed by atoms with van der Waals surface area (Å²) in [5, 5.41) is 11.7. The Morgan fingerprint density at radius 2 is 1.84 bits per heavy atom. The van der Waals surface area contributed by atoms with E-state index in [4.69, 9.17) is 5.26 Å². The van der Waals surface area contributed by atoms with E-state index in [0.29, 0.717) is 12.1 Å². The van der Waals surface area contributed by atoms with E-state index in [1.54, 1.807) is 17.0 Å². The first-order chi connectivity index (χ1) is 8.93. The molecular weight excluding hydrogens is 238 g/mol. The Labute approximate surface area is 115 Å². The van der Waals surface area contributed by atoms with E-state index in [9.17, 15) is 4.79 Å². The van der Waals surface area contributed by atoms with Crippen molar-refractivity contribution in [2.24, 2.45) is 0 Å². The molecule has 1 aromatic carbocycles. The molecule has 4 nitrogen and oxygen atoms in total. The monoisotopic (exact) mass is 259 g/mol. The molecule has 0 aliphatic heterocycles. The Balaban J connectivity index is 2.78. The van der Waals surface area contributed by atoms with E-state index in [2.05, 4.69) is 11.4 Å². The van der Waals surface area contributed by atoms with Gasteiger partial charge in [-0.25, -0.2) is 4.79 Å². The highest BCUT2D eigenvalue weighted by molar-refractivity contribution is 5.74. The number of carbonyl (C=O) groups excluding carboxylic acids is 1. The number of urea groups is 1. The Kier molecular flexibility index (Phi) is 5.37. The molecule has 1 N–H and O–H groups in total. The smallest absolute Gasteiger partial charge is 0.318 e. The zero-order valence-electron chi connectivity index (χ0n) is 12.0. The molecule has 0 saturated heterocycles. The quantitative estimate of drug-likeness (QED) is 0.904. The summed E-state index contributed by atoms with van der Waals surface area (Å²) in [6.45, 7) is 8.41. The van der Waals surface area contributed by atoms with E-state index in [1.165, 1.54) is 0 Å². The molecule has 0 aromatic heterocycles. The average Bonchev–Trinajstić information content (AvgIpc) is 2.35. The molecule has 0 aliphatic carbocycles. The molecule has 102 valence electrons. The highest BCUT2D eigenvalue weighted by Crippen LogP contribution is 2.10. The van der Waals surface area contributed by atoms with Crippen molar-refractivity contribution < 1.29 is 4.79 Å². The van der Waals surface area contributed by atoms with Gasteiger partial charge in [0, 0.05) is 18.6 Å². The lowest BCUT2D eigenvalue weighted by Gasteiger charge is -2.28. The van der Waals surface area contributed by atoms with Crippen molar-refractivity contribution in [3.05, 3.63) is 35.4 Å². The average molecular weight is 259 g/mol. The molecule has 0 atom stereocenters. The third-order valence-corrected chi connectivity index (χ3v) is 2.73. The summed E-state index contributed by atoms with van der Waals surface area (Å²) in [7, 11) is 0. The molecule has 2 amide bonds. The van der Waals surface area contributed by atoms with Gasteiger partial charge in [0.2, 0.25) is 0 Å². The summed E-state index contributed by atoms with van der Waals surface area (Å²) in [6.07, 6.45) is 0. The van der Waals surface area contributed by atoms with Crippen LogP contribution in [0.1, 0.15) is 38.8 Å². The van der Waals surface area contributed by atoms with Crippen molar-refractivity contribution in [3.63, 3.8) is 0 Å². The van der Waals surface area contributed by atoms with E-state index in [1.807, 2.05) is 39.8 Å². The van der Waals surface area contributed by atoms with Crippen LogP contribution in [0.3, 0.4) is 0 Å². The van der Waals surface area contributed by atoms with Crippen LogP contribution in [0, 0.1) is 11.3 Å². The molecule has 0 saturated carbocycles.